The Hall–Kier alpha value is -2.35. The molecule has 0 aromatic carbocycles. The average Bonchev–Trinajstić information content (AvgIpc) is 3.62. The van der Waals surface area contributed by atoms with Crippen molar-refractivity contribution in [3.05, 3.63) is 10.8 Å². The van der Waals surface area contributed by atoms with Gasteiger partial charge in [-0.05, 0) is 39.2 Å². The normalized spacial score (nSPS) is 36.0. The summed E-state index contributed by atoms with van der Waals surface area (Å²) in [6.45, 7) is 5.96. The number of aliphatic hydroxyl groups is 1. The maximum atomic E-state index is 13.2. The van der Waals surface area contributed by atoms with Crippen LogP contribution in [0.15, 0.2) is 10.8 Å². The standard InChI is InChI=1S/C24H35N5O7S/c1-11-18-17(12(2)30)22(33)29(18)23(36-24(34)35)19(11)37-14-8-16(26-9-14)21(32)28-7-5-13(10-28)27-20(31)15-4-3-6-25-15/h11-18,25-26,30H,3-10H2,1-2H3,(H,27,31)(H,34,35)/t11-,12-,13+,14+,15+,16+,17-,18-/m1/s1. The summed E-state index contributed by atoms with van der Waals surface area (Å²) in [4.78, 5) is 53.4. The molecule has 5 N–H and O–H groups in total. The first-order chi connectivity index (χ1) is 17.7. The Morgan fingerprint density at radius 2 is 2.00 bits per heavy atom. The van der Waals surface area contributed by atoms with Crippen LogP contribution in [-0.4, -0.2) is 106 Å². The van der Waals surface area contributed by atoms with Crippen molar-refractivity contribution < 1.29 is 34.1 Å². The van der Waals surface area contributed by atoms with Crippen molar-refractivity contribution in [2.45, 2.75) is 75.1 Å². The van der Waals surface area contributed by atoms with Gasteiger partial charge < -0.3 is 35.8 Å². The van der Waals surface area contributed by atoms with Crippen LogP contribution in [0.4, 0.5) is 4.79 Å². The summed E-state index contributed by atoms with van der Waals surface area (Å²) < 4.78 is 5.04. The molecule has 12 nitrogen and oxygen atoms in total. The molecule has 0 spiro atoms. The molecule has 0 aliphatic carbocycles. The Bertz CT molecular complexity index is 1000. The third-order valence-corrected chi connectivity index (χ3v) is 9.65. The van der Waals surface area contributed by atoms with Gasteiger partial charge in [-0.1, -0.05) is 6.92 Å². The van der Waals surface area contributed by atoms with Crippen LogP contribution >= 0.6 is 11.8 Å². The number of nitrogens with zero attached hydrogens (tertiary/aromatic N) is 2. The van der Waals surface area contributed by atoms with Crippen LogP contribution in [0, 0.1) is 11.8 Å². The lowest BCUT2D eigenvalue weighted by Gasteiger charge is -2.45. The quantitative estimate of drug-likeness (QED) is 0.214. The third-order valence-electron chi connectivity index (χ3n) is 8.15. The number of ether oxygens (including phenoxy) is 1. The van der Waals surface area contributed by atoms with Crippen molar-refractivity contribution in [2.75, 3.05) is 26.2 Å². The number of nitrogens with one attached hydrogen (secondary N) is 3. The molecular weight excluding hydrogens is 502 g/mol. The molecule has 204 valence electrons. The minimum atomic E-state index is -1.49. The predicted octanol–water partition coefficient (Wildman–Crippen LogP) is -0.360. The Balaban J connectivity index is 1.18. The smallest absolute Gasteiger partial charge is 0.449 e. The molecule has 3 amide bonds. The van der Waals surface area contributed by atoms with Gasteiger partial charge in [-0.2, -0.15) is 0 Å². The zero-order valence-corrected chi connectivity index (χ0v) is 21.8. The highest BCUT2D eigenvalue weighted by Crippen LogP contribution is 2.52. The Kier molecular flexibility index (Phi) is 7.40. The molecule has 5 aliphatic heterocycles. The number of likely N-dealkylation sites (tertiary alicyclic amines) is 1. The largest absolute Gasteiger partial charge is 0.512 e. The van der Waals surface area contributed by atoms with E-state index in [1.807, 2.05) is 6.92 Å². The van der Waals surface area contributed by atoms with E-state index in [0.29, 0.717) is 31.0 Å². The summed E-state index contributed by atoms with van der Waals surface area (Å²) in [5.74, 6) is -1.08. The monoisotopic (exact) mass is 537 g/mol. The Morgan fingerprint density at radius 3 is 2.68 bits per heavy atom. The summed E-state index contributed by atoms with van der Waals surface area (Å²) in [5.41, 5.74) is 0. The number of fused-ring (bicyclic) bond motifs is 1. The zero-order chi connectivity index (χ0) is 26.4. The fourth-order valence-corrected chi connectivity index (χ4v) is 7.69. The van der Waals surface area contributed by atoms with Gasteiger partial charge in [-0.3, -0.25) is 19.3 Å². The van der Waals surface area contributed by atoms with Gasteiger partial charge in [0.1, 0.15) is 0 Å². The summed E-state index contributed by atoms with van der Waals surface area (Å²) in [7, 11) is 0. The topological polar surface area (TPSA) is 161 Å². The number of amides is 3. The maximum Gasteiger partial charge on any atom is 0.512 e. The molecule has 4 saturated heterocycles. The molecule has 13 heteroatoms. The Morgan fingerprint density at radius 1 is 1.22 bits per heavy atom. The van der Waals surface area contributed by atoms with Crippen molar-refractivity contribution in [3.63, 3.8) is 0 Å². The fraction of sp³-hybridized carbons (Fsp3) is 0.750. The second-order valence-corrected chi connectivity index (χ2v) is 12.0. The van der Waals surface area contributed by atoms with Crippen molar-refractivity contribution in [1.29, 1.82) is 0 Å². The molecule has 8 atom stereocenters. The van der Waals surface area contributed by atoms with E-state index >= 15 is 0 Å². The minimum absolute atomic E-state index is 0.00228. The van der Waals surface area contributed by atoms with Gasteiger partial charge in [-0.15, -0.1) is 11.8 Å². The number of rotatable bonds is 7. The summed E-state index contributed by atoms with van der Waals surface area (Å²) in [5, 5.41) is 28.9. The first-order valence-corrected chi connectivity index (χ1v) is 13.9. The minimum Gasteiger partial charge on any atom is -0.449 e. The molecule has 0 unspecified atom stereocenters. The molecular formula is C24H35N5O7S. The van der Waals surface area contributed by atoms with Crippen LogP contribution in [0.3, 0.4) is 0 Å². The van der Waals surface area contributed by atoms with Crippen molar-refractivity contribution >= 4 is 35.6 Å². The number of carbonyl (C=O) groups excluding carboxylic acids is 3. The van der Waals surface area contributed by atoms with E-state index < -0.39 is 18.2 Å². The highest BCUT2D eigenvalue weighted by molar-refractivity contribution is 8.03. The van der Waals surface area contributed by atoms with E-state index in [-0.39, 0.29) is 58.9 Å². The van der Waals surface area contributed by atoms with E-state index in [1.165, 1.54) is 16.7 Å². The average molecular weight is 538 g/mol. The number of hydrogen-bond donors (Lipinski definition) is 5. The third kappa shape index (κ3) is 4.93. The first kappa shape index (κ1) is 26.3. The number of carbonyl (C=O) groups is 4. The molecule has 0 saturated carbocycles. The second kappa shape index (κ2) is 10.4. The number of aliphatic hydroxyl groups excluding tert-OH is 1. The van der Waals surface area contributed by atoms with Gasteiger partial charge in [0.15, 0.2) is 0 Å². The zero-order valence-electron chi connectivity index (χ0n) is 21.0. The molecule has 5 rings (SSSR count). The van der Waals surface area contributed by atoms with Crippen LogP contribution in [0.5, 0.6) is 0 Å². The van der Waals surface area contributed by atoms with Gasteiger partial charge in [0.25, 0.3) is 0 Å². The first-order valence-electron chi connectivity index (χ1n) is 13.0. The molecule has 37 heavy (non-hydrogen) atoms. The van der Waals surface area contributed by atoms with Crippen molar-refractivity contribution in [1.82, 2.24) is 25.8 Å². The lowest BCUT2D eigenvalue weighted by Crippen LogP contribution is -2.63. The lowest BCUT2D eigenvalue weighted by molar-refractivity contribution is -0.163. The van der Waals surface area contributed by atoms with Gasteiger partial charge in [-0.25, -0.2) is 4.79 Å². The van der Waals surface area contributed by atoms with Crippen LogP contribution in [-0.2, 0) is 19.1 Å². The van der Waals surface area contributed by atoms with Crippen molar-refractivity contribution in [3.8, 4) is 0 Å². The van der Waals surface area contributed by atoms with E-state index in [0.717, 1.165) is 25.8 Å². The van der Waals surface area contributed by atoms with Gasteiger partial charge in [0.05, 0.1) is 35.1 Å². The van der Waals surface area contributed by atoms with Gasteiger partial charge >= 0.3 is 6.16 Å². The lowest BCUT2D eigenvalue weighted by atomic mass is 9.79. The van der Waals surface area contributed by atoms with Gasteiger partial charge in [0.2, 0.25) is 23.6 Å². The second-order valence-electron chi connectivity index (χ2n) is 10.7. The van der Waals surface area contributed by atoms with Gasteiger partial charge in [0, 0.05) is 36.8 Å². The van der Waals surface area contributed by atoms with Crippen LogP contribution in [0.1, 0.15) is 39.5 Å². The highest BCUT2D eigenvalue weighted by atomic mass is 32.2. The molecule has 0 radical (unpaired) electrons. The van der Waals surface area contributed by atoms with Crippen LogP contribution < -0.4 is 16.0 Å². The molecule has 0 bridgehead atoms. The summed E-state index contributed by atoms with van der Waals surface area (Å²) in [6.07, 6.45) is 0.780. The Labute approximate surface area is 219 Å². The molecule has 5 aliphatic rings. The number of thioether (sulfide) groups is 1. The van der Waals surface area contributed by atoms with Crippen molar-refractivity contribution in [2.24, 2.45) is 11.8 Å². The molecule has 5 heterocycles. The number of hydrogen-bond acceptors (Lipinski definition) is 9. The predicted molar refractivity (Wildman–Crippen MR) is 133 cm³/mol. The molecule has 4 fully saturated rings. The van der Waals surface area contributed by atoms with Crippen LogP contribution in [0.2, 0.25) is 0 Å². The number of β-lactam (4-membered cyclic amide) rings is 1. The highest BCUT2D eigenvalue weighted by Gasteiger charge is 2.60. The van der Waals surface area contributed by atoms with E-state index in [9.17, 15) is 29.4 Å². The summed E-state index contributed by atoms with van der Waals surface area (Å²) >= 11 is 1.44. The van der Waals surface area contributed by atoms with E-state index in [2.05, 4.69) is 16.0 Å². The van der Waals surface area contributed by atoms with E-state index in [1.54, 1.807) is 11.8 Å². The van der Waals surface area contributed by atoms with Crippen LogP contribution in [0.25, 0.3) is 0 Å². The number of carboxylic acid groups (broad SMARTS) is 1. The van der Waals surface area contributed by atoms with E-state index in [4.69, 9.17) is 4.74 Å². The summed E-state index contributed by atoms with van der Waals surface area (Å²) in [6, 6.07) is -0.894. The SMILES string of the molecule is C[C@@H](O)[C@H]1C(=O)N2C(OC(=O)O)=C(S[C@@H]3CN[C@H](C(=O)N4CC[C@H](NC(=O)[C@@H]5CCCN5)C4)C3)[C@H](C)[C@H]12. The maximum absolute atomic E-state index is 13.2. The fourth-order valence-electron chi connectivity index (χ4n) is 6.27. The molecule has 0 aromatic heterocycles. The molecule has 0 aromatic rings.